The molecule has 1 aromatic heterocycles. The number of hydrogen-bond acceptors (Lipinski definition) is 5. The number of hydrogen-bond donors (Lipinski definition) is 1. The van der Waals surface area contributed by atoms with Crippen molar-refractivity contribution in [3.05, 3.63) is 10.6 Å². The van der Waals surface area contributed by atoms with Crippen LogP contribution < -0.4 is 10.6 Å². The molecule has 1 aliphatic rings. The molecule has 0 radical (unpaired) electrons. The van der Waals surface area contributed by atoms with Crippen molar-refractivity contribution in [2.24, 2.45) is 11.7 Å². The van der Waals surface area contributed by atoms with Gasteiger partial charge in [0.15, 0.2) is 5.13 Å². The van der Waals surface area contributed by atoms with E-state index in [1.165, 1.54) is 4.88 Å². The summed E-state index contributed by atoms with van der Waals surface area (Å²) in [6.45, 7) is 9.20. The molecule has 0 bridgehead atoms. The number of piperidine rings is 1. The van der Waals surface area contributed by atoms with Gasteiger partial charge >= 0.3 is 0 Å². The molecule has 0 saturated carbocycles. The van der Waals surface area contributed by atoms with Gasteiger partial charge in [0.2, 0.25) is 0 Å². The van der Waals surface area contributed by atoms with Crippen LogP contribution in [-0.2, 0) is 11.3 Å². The molecule has 1 aliphatic heterocycles. The molecule has 4 nitrogen and oxygen atoms in total. The topological polar surface area (TPSA) is 51.4 Å². The van der Waals surface area contributed by atoms with Crippen LogP contribution in [0.25, 0.3) is 0 Å². The third-order valence-electron chi connectivity index (χ3n) is 3.91. The number of anilines is 1. The van der Waals surface area contributed by atoms with E-state index in [1.807, 2.05) is 0 Å². The van der Waals surface area contributed by atoms with Gasteiger partial charge in [-0.1, -0.05) is 20.8 Å². The lowest BCUT2D eigenvalue weighted by atomic mass is 9.96. The molecule has 1 fully saturated rings. The van der Waals surface area contributed by atoms with Crippen molar-refractivity contribution in [1.29, 1.82) is 0 Å². The fourth-order valence-corrected chi connectivity index (χ4v) is 3.73. The minimum absolute atomic E-state index is 0.307. The third kappa shape index (κ3) is 3.09. The van der Waals surface area contributed by atoms with Crippen LogP contribution in [0.3, 0.4) is 0 Å². The fraction of sp³-hybridized carbons (Fsp3) is 0.786. The molecule has 19 heavy (non-hydrogen) atoms. The van der Waals surface area contributed by atoms with E-state index in [4.69, 9.17) is 15.5 Å². The number of nitrogens with two attached hydrogens (primary N) is 1. The van der Waals surface area contributed by atoms with Crippen molar-refractivity contribution in [3.63, 3.8) is 0 Å². The van der Waals surface area contributed by atoms with E-state index in [2.05, 4.69) is 25.7 Å². The summed E-state index contributed by atoms with van der Waals surface area (Å²) >= 11 is 1.74. The number of thiazole rings is 1. The highest BCUT2D eigenvalue weighted by Gasteiger charge is 2.28. The van der Waals surface area contributed by atoms with Crippen LogP contribution >= 0.6 is 11.3 Å². The minimum Gasteiger partial charge on any atom is -0.379 e. The Morgan fingerprint density at radius 3 is 2.79 bits per heavy atom. The molecule has 0 spiro atoms. The van der Waals surface area contributed by atoms with Gasteiger partial charge in [-0.15, -0.1) is 11.3 Å². The summed E-state index contributed by atoms with van der Waals surface area (Å²) < 4.78 is 5.58. The summed E-state index contributed by atoms with van der Waals surface area (Å²) in [5.74, 6) is 1.06. The molecule has 0 aliphatic carbocycles. The van der Waals surface area contributed by atoms with Crippen molar-refractivity contribution >= 4 is 16.5 Å². The first kappa shape index (κ1) is 14.8. The highest BCUT2D eigenvalue weighted by atomic mass is 32.1. The fourth-order valence-electron chi connectivity index (χ4n) is 2.60. The van der Waals surface area contributed by atoms with E-state index in [0.717, 1.165) is 30.3 Å². The molecule has 2 unspecified atom stereocenters. The van der Waals surface area contributed by atoms with Crippen LogP contribution in [0.15, 0.2) is 0 Å². The van der Waals surface area contributed by atoms with Gasteiger partial charge in [0.1, 0.15) is 0 Å². The molecule has 2 rings (SSSR count). The predicted molar refractivity (Wildman–Crippen MR) is 80.9 cm³/mol. The van der Waals surface area contributed by atoms with Crippen LogP contribution in [0, 0.1) is 5.92 Å². The normalized spacial score (nSPS) is 24.2. The van der Waals surface area contributed by atoms with Crippen LogP contribution in [0.4, 0.5) is 5.13 Å². The zero-order chi connectivity index (χ0) is 14.0. The molecule has 2 N–H and O–H groups in total. The van der Waals surface area contributed by atoms with E-state index in [9.17, 15) is 0 Å². The highest BCUT2D eigenvalue weighted by molar-refractivity contribution is 7.15. The Morgan fingerprint density at radius 1 is 1.53 bits per heavy atom. The van der Waals surface area contributed by atoms with Gasteiger partial charge in [-0.25, -0.2) is 4.98 Å². The first-order valence-corrected chi connectivity index (χ1v) is 7.85. The first-order valence-electron chi connectivity index (χ1n) is 7.04. The van der Waals surface area contributed by atoms with Gasteiger partial charge in [0.05, 0.1) is 11.8 Å². The van der Waals surface area contributed by atoms with Crippen LogP contribution in [0.5, 0.6) is 0 Å². The summed E-state index contributed by atoms with van der Waals surface area (Å²) in [6, 6.07) is 0. The number of rotatable bonds is 4. The minimum atomic E-state index is 0.307. The Morgan fingerprint density at radius 2 is 2.26 bits per heavy atom. The summed E-state index contributed by atoms with van der Waals surface area (Å²) in [7, 11) is 1.80. The van der Waals surface area contributed by atoms with Gasteiger partial charge in [-0.3, -0.25) is 0 Å². The Hall–Kier alpha value is -0.650. The van der Waals surface area contributed by atoms with Gasteiger partial charge in [-0.05, 0) is 18.3 Å². The average molecular weight is 283 g/mol. The van der Waals surface area contributed by atoms with E-state index >= 15 is 0 Å². The maximum atomic E-state index is 5.83. The van der Waals surface area contributed by atoms with Gasteiger partial charge < -0.3 is 15.4 Å². The van der Waals surface area contributed by atoms with Crippen LogP contribution in [0.1, 0.15) is 43.7 Å². The molecule has 2 heterocycles. The lowest BCUT2D eigenvalue weighted by Gasteiger charge is -2.36. The van der Waals surface area contributed by atoms with Crippen molar-refractivity contribution in [2.45, 2.75) is 45.8 Å². The molecule has 1 saturated heterocycles. The molecular weight excluding hydrogens is 258 g/mol. The number of methoxy groups -OCH3 is 1. The SMILES string of the molecule is COC1CN(c2nc(C(C)C)c(CN)s2)CCC1C. The molecular formula is C14H25N3OS. The van der Waals surface area contributed by atoms with Crippen molar-refractivity contribution < 1.29 is 4.74 Å². The van der Waals surface area contributed by atoms with Crippen molar-refractivity contribution in [1.82, 2.24) is 4.98 Å². The monoisotopic (exact) mass is 283 g/mol. The molecule has 5 heteroatoms. The van der Waals surface area contributed by atoms with E-state index in [0.29, 0.717) is 24.5 Å². The lowest BCUT2D eigenvalue weighted by molar-refractivity contribution is 0.0498. The maximum absolute atomic E-state index is 5.83. The number of aromatic nitrogens is 1. The smallest absolute Gasteiger partial charge is 0.185 e. The van der Waals surface area contributed by atoms with E-state index in [-0.39, 0.29) is 0 Å². The van der Waals surface area contributed by atoms with Gasteiger partial charge in [0.25, 0.3) is 0 Å². The Balaban J connectivity index is 2.18. The third-order valence-corrected chi connectivity index (χ3v) is 5.07. The summed E-state index contributed by atoms with van der Waals surface area (Å²) in [5.41, 5.74) is 7.00. The quantitative estimate of drug-likeness (QED) is 0.923. The summed E-state index contributed by atoms with van der Waals surface area (Å²) in [5, 5.41) is 1.11. The van der Waals surface area contributed by atoms with Crippen molar-refractivity contribution in [3.8, 4) is 0 Å². The zero-order valence-electron chi connectivity index (χ0n) is 12.3. The standard InChI is InChI=1S/C14H25N3OS/c1-9(2)13-12(7-15)19-14(16-13)17-6-5-10(3)11(8-17)18-4/h9-11H,5-8,15H2,1-4H3. The molecule has 0 amide bonds. The Labute approximate surface area is 120 Å². The Kier molecular flexibility index (Phi) is 4.81. The zero-order valence-corrected chi connectivity index (χ0v) is 13.2. The van der Waals surface area contributed by atoms with Crippen molar-refractivity contribution in [2.75, 3.05) is 25.1 Å². The predicted octanol–water partition coefficient (Wildman–Crippen LogP) is 2.59. The molecule has 108 valence electrons. The number of nitrogens with zero attached hydrogens (tertiary/aromatic N) is 2. The molecule has 0 aromatic carbocycles. The maximum Gasteiger partial charge on any atom is 0.185 e. The second kappa shape index (κ2) is 6.20. The summed E-state index contributed by atoms with van der Waals surface area (Å²) in [6.07, 6.45) is 1.47. The van der Waals surface area contributed by atoms with Gasteiger partial charge in [0, 0.05) is 31.6 Å². The molecule has 2 atom stereocenters. The second-order valence-corrected chi connectivity index (χ2v) is 6.71. The van der Waals surface area contributed by atoms with Crippen LogP contribution in [-0.4, -0.2) is 31.3 Å². The van der Waals surface area contributed by atoms with Gasteiger partial charge in [-0.2, -0.15) is 0 Å². The first-order chi connectivity index (χ1) is 9.06. The van der Waals surface area contributed by atoms with Crippen LogP contribution in [0.2, 0.25) is 0 Å². The van der Waals surface area contributed by atoms with E-state index < -0.39 is 0 Å². The average Bonchev–Trinajstić information content (AvgIpc) is 2.83. The lowest BCUT2D eigenvalue weighted by Crippen LogP contribution is -2.43. The molecule has 1 aromatic rings. The highest BCUT2D eigenvalue weighted by Crippen LogP contribution is 2.33. The Bertz CT molecular complexity index is 419. The number of ether oxygens (including phenoxy) is 1. The second-order valence-electron chi connectivity index (χ2n) is 5.65. The largest absolute Gasteiger partial charge is 0.379 e. The summed E-state index contributed by atoms with van der Waals surface area (Å²) in [4.78, 5) is 8.38. The van der Waals surface area contributed by atoms with E-state index in [1.54, 1.807) is 18.4 Å².